The molecule has 40 heavy (non-hydrogen) atoms. The molecule has 0 aliphatic rings. The first-order chi connectivity index (χ1) is 18.0. The average Bonchev–Trinajstić information content (AvgIpc) is 2.78. The van der Waals surface area contributed by atoms with Crippen molar-refractivity contribution < 1.29 is 18.4 Å². The van der Waals surface area contributed by atoms with Crippen molar-refractivity contribution in [3.63, 3.8) is 0 Å². The van der Waals surface area contributed by atoms with Crippen molar-refractivity contribution in [2.45, 2.75) is 143 Å². The summed E-state index contributed by atoms with van der Waals surface area (Å²) in [4.78, 5) is 12.1. The van der Waals surface area contributed by atoms with Gasteiger partial charge in [0.25, 0.3) is 0 Å². The summed E-state index contributed by atoms with van der Waals surface area (Å²) >= 11 is 0. The van der Waals surface area contributed by atoms with Gasteiger partial charge < -0.3 is 13.6 Å². The van der Waals surface area contributed by atoms with Crippen LogP contribution in [0.15, 0.2) is 24.3 Å². The number of nitrogens with zero attached hydrogens (tertiary/aromatic N) is 1. The molecule has 0 saturated heterocycles. The van der Waals surface area contributed by atoms with E-state index in [1.165, 1.54) is 13.2 Å². The van der Waals surface area contributed by atoms with Crippen LogP contribution in [0, 0.1) is 35.0 Å². The van der Waals surface area contributed by atoms with Crippen molar-refractivity contribution in [3.8, 4) is 6.07 Å². The van der Waals surface area contributed by atoms with Gasteiger partial charge in [0.1, 0.15) is 0 Å². The molecule has 0 fully saturated rings. The molecule has 0 rings (SSSR count). The van der Waals surface area contributed by atoms with Crippen LogP contribution in [0.2, 0.25) is 36.3 Å². The maximum atomic E-state index is 12.1. The summed E-state index contributed by atoms with van der Waals surface area (Å²) in [7, 11) is -2.73. The van der Waals surface area contributed by atoms with Crippen LogP contribution in [0.4, 0.5) is 0 Å². The molecule has 0 aliphatic carbocycles. The van der Waals surface area contributed by atoms with Crippen LogP contribution in [-0.2, 0) is 18.4 Å². The maximum Gasteiger partial charge on any atom is 0.331 e. The van der Waals surface area contributed by atoms with Gasteiger partial charge in [0.15, 0.2) is 16.6 Å². The molecule has 0 heterocycles. The molecule has 0 bridgehead atoms. The summed E-state index contributed by atoms with van der Waals surface area (Å²) in [6, 6.07) is 2.25. The zero-order valence-electron chi connectivity index (χ0n) is 28.7. The molecule has 0 aliphatic heterocycles. The average molecular weight is 594 g/mol. The fraction of sp³-hybridized carbons (Fsp3) is 0.818. The molecule has 0 saturated carbocycles. The zero-order valence-corrected chi connectivity index (χ0v) is 30.7. The van der Waals surface area contributed by atoms with Gasteiger partial charge in [-0.1, -0.05) is 75.3 Å². The van der Waals surface area contributed by atoms with Crippen LogP contribution in [0.1, 0.15) is 94.9 Å². The molecule has 7 heteroatoms. The third kappa shape index (κ3) is 12.3. The van der Waals surface area contributed by atoms with E-state index in [4.69, 9.17) is 13.6 Å². The molecule has 0 N–H and O–H groups in total. The van der Waals surface area contributed by atoms with Gasteiger partial charge in [0.05, 0.1) is 31.0 Å². The molecule has 0 aromatic rings. The normalized spacial score (nSPS) is 18.2. The molecule has 0 radical (unpaired) electrons. The first kappa shape index (κ1) is 38.8. The minimum atomic E-state index is -2.19. The van der Waals surface area contributed by atoms with E-state index in [1.807, 2.05) is 6.08 Å². The van der Waals surface area contributed by atoms with Crippen LogP contribution in [0.3, 0.4) is 0 Å². The third-order valence-electron chi connectivity index (χ3n) is 9.29. The largest absolute Gasteiger partial charge is 0.466 e. The van der Waals surface area contributed by atoms with Gasteiger partial charge in [0, 0.05) is 6.08 Å². The minimum absolute atomic E-state index is 0.0124. The standard InChI is InChI=1S/C33H63NO4Si2/c1-17-18-29(37-39(13,14)32(6,7)8)26(4)20-24(2)19-25(3)21-27(5)31(28(23-34)22-30(35)36-12)38-40(15,16)33(9,10)11/h17,22,24-27,29,31H,1,18-21H2,2-16H3/b28-22-/t24-,25+,26-,27-,29-,31+/m0/s1. The molecule has 5 nitrogen and oxygen atoms in total. The van der Waals surface area contributed by atoms with Crippen molar-refractivity contribution in [2.75, 3.05) is 7.11 Å². The van der Waals surface area contributed by atoms with E-state index in [9.17, 15) is 10.1 Å². The molecular formula is C33H63NO4Si2. The monoisotopic (exact) mass is 593 g/mol. The molecule has 0 amide bonds. The van der Waals surface area contributed by atoms with Crippen LogP contribution < -0.4 is 0 Å². The van der Waals surface area contributed by atoms with Crippen LogP contribution >= 0.6 is 0 Å². The summed E-state index contributed by atoms with van der Waals surface area (Å²) in [6.07, 6.45) is 7.05. The van der Waals surface area contributed by atoms with Gasteiger partial charge in [-0.2, -0.15) is 5.26 Å². The maximum absolute atomic E-state index is 12.1. The Morgan fingerprint density at radius 2 is 1.30 bits per heavy atom. The predicted molar refractivity (Wildman–Crippen MR) is 175 cm³/mol. The van der Waals surface area contributed by atoms with E-state index in [0.717, 1.165) is 25.7 Å². The Balaban J connectivity index is 5.64. The zero-order chi connectivity index (χ0) is 31.7. The van der Waals surface area contributed by atoms with E-state index in [-0.39, 0.29) is 22.1 Å². The fourth-order valence-corrected chi connectivity index (χ4v) is 7.67. The number of nitriles is 1. The Kier molecular flexibility index (Phi) is 15.4. The SMILES string of the molecule is C=CC[C@H](O[Si](C)(C)C(C)(C)C)[C@@H](C)C[C@@H](C)C[C@@H](C)C[C@H](C)[C@@H](O[Si](C)(C)C(C)(C)C)/C(C#N)=C\C(=O)OC. The lowest BCUT2D eigenvalue weighted by atomic mass is 9.82. The number of carbonyl (C=O) groups is 1. The number of hydrogen-bond acceptors (Lipinski definition) is 5. The second-order valence-electron chi connectivity index (χ2n) is 15.3. The highest BCUT2D eigenvalue weighted by molar-refractivity contribution is 6.74. The Morgan fingerprint density at radius 1 is 0.850 bits per heavy atom. The molecule has 6 atom stereocenters. The summed E-state index contributed by atoms with van der Waals surface area (Å²) in [5, 5.41) is 10.2. The van der Waals surface area contributed by atoms with Gasteiger partial charge >= 0.3 is 5.97 Å². The van der Waals surface area contributed by atoms with E-state index in [1.54, 1.807) is 0 Å². The van der Waals surface area contributed by atoms with Crippen molar-refractivity contribution in [2.24, 2.45) is 23.7 Å². The lowest BCUT2D eigenvalue weighted by Gasteiger charge is -2.41. The Labute approximate surface area is 250 Å². The van der Waals surface area contributed by atoms with Crippen molar-refractivity contribution in [1.29, 1.82) is 5.26 Å². The third-order valence-corrected chi connectivity index (χ3v) is 18.3. The topological polar surface area (TPSA) is 68.5 Å². The second-order valence-corrected chi connectivity index (χ2v) is 24.9. The smallest absolute Gasteiger partial charge is 0.331 e. The van der Waals surface area contributed by atoms with Crippen molar-refractivity contribution in [3.05, 3.63) is 24.3 Å². The molecule has 232 valence electrons. The van der Waals surface area contributed by atoms with Crippen LogP contribution in [-0.4, -0.2) is 41.9 Å². The molecular weight excluding hydrogens is 531 g/mol. The number of methoxy groups -OCH3 is 1. The Morgan fingerprint density at radius 3 is 1.70 bits per heavy atom. The second kappa shape index (κ2) is 15.9. The molecule has 0 aromatic carbocycles. The van der Waals surface area contributed by atoms with E-state index < -0.39 is 28.7 Å². The van der Waals surface area contributed by atoms with E-state index in [2.05, 4.69) is 108 Å². The summed E-state index contributed by atoms with van der Waals surface area (Å²) in [5.74, 6) is 0.986. The highest BCUT2D eigenvalue weighted by Crippen LogP contribution is 2.41. The quantitative estimate of drug-likeness (QED) is 0.0586. The van der Waals surface area contributed by atoms with Gasteiger partial charge in [-0.3, -0.25) is 0 Å². The highest BCUT2D eigenvalue weighted by Gasteiger charge is 2.42. The summed E-state index contributed by atoms with van der Waals surface area (Å²) in [6.45, 7) is 35.6. The lowest BCUT2D eigenvalue weighted by molar-refractivity contribution is -0.134. The molecule has 0 spiro atoms. The Bertz CT molecular complexity index is 876. The number of ether oxygens (including phenoxy) is 1. The lowest BCUT2D eigenvalue weighted by Crippen LogP contribution is -2.46. The summed E-state index contributed by atoms with van der Waals surface area (Å²) < 4.78 is 18.5. The van der Waals surface area contributed by atoms with Crippen molar-refractivity contribution in [1.82, 2.24) is 0 Å². The molecule has 0 aromatic heterocycles. The van der Waals surface area contributed by atoms with Gasteiger partial charge in [-0.25, -0.2) is 4.79 Å². The number of hydrogen-bond donors (Lipinski definition) is 0. The van der Waals surface area contributed by atoms with Crippen LogP contribution in [0.25, 0.3) is 0 Å². The number of esters is 1. The van der Waals surface area contributed by atoms with E-state index in [0.29, 0.717) is 23.3 Å². The van der Waals surface area contributed by atoms with Crippen LogP contribution in [0.5, 0.6) is 0 Å². The fourth-order valence-electron chi connectivity index (χ4n) is 4.88. The van der Waals surface area contributed by atoms with Crippen molar-refractivity contribution >= 4 is 22.6 Å². The predicted octanol–water partition coefficient (Wildman–Crippen LogP) is 9.68. The minimum Gasteiger partial charge on any atom is -0.466 e. The number of carbonyl (C=O) groups excluding carboxylic acids is 1. The van der Waals surface area contributed by atoms with Gasteiger partial charge in [0.2, 0.25) is 0 Å². The first-order valence-electron chi connectivity index (χ1n) is 15.2. The van der Waals surface area contributed by atoms with E-state index >= 15 is 0 Å². The molecule has 0 unspecified atom stereocenters. The summed E-state index contributed by atoms with van der Waals surface area (Å²) in [5.41, 5.74) is 0.355. The van der Waals surface area contributed by atoms with Gasteiger partial charge in [-0.15, -0.1) is 6.58 Å². The van der Waals surface area contributed by atoms with Gasteiger partial charge in [-0.05, 0) is 85.6 Å². The number of rotatable bonds is 16. The highest BCUT2D eigenvalue weighted by atomic mass is 28.4. The first-order valence-corrected chi connectivity index (χ1v) is 21.0. The Hall–Kier alpha value is -1.21.